The first-order chi connectivity index (χ1) is 6.72. The lowest BCUT2D eigenvalue weighted by atomic mass is 10.1. The Balaban J connectivity index is 2.17. The van der Waals surface area contributed by atoms with Crippen molar-refractivity contribution in [2.45, 2.75) is 38.6 Å². The van der Waals surface area contributed by atoms with Crippen LogP contribution in [-0.4, -0.2) is 21.3 Å². The van der Waals surface area contributed by atoms with Crippen LogP contribution in [0.3, 0.4) is 0 Å². The van der Waals surface area contributed by atoms with E-state index in [1.165, 1.54) is 12.8 Å². The van der Waals surface area contributed by atoms with Crippen molar-refractivity contribution in [3.8, 4) is 0 Å². The fraction of sp³-hybridized carbons (Fsp3) is 0.700. The molecule has 0 spiro atoms. The van der Waals surface area contributed by atoms with E-state index in [0.717, 1.165) is 12.0 Å². The summed E-state index contributed by atoms with van der Waals surface area (Å²) >= 11 is 0. The smallest absolute Gasteiger partial charge is 0.144 e. The van der Waals surface area contributed by atoms with Gasteiger partial charge in [-0.3, -0.25) is 0 Å². The van der Waals surface area contributed by atoms with Gasteiger partial charge in [0.2, 0.25) is 0 Å². The van der Waals surface area contributed by atoms with Crippen LogP contribution in [0.4, 0.5) is 0 Å². The Bertz CT molecular complexity index is 328. The second kappa shape index (κ2) is 3.52. The van der Waals surface area contributed by atoms with Gasteiger partial charge >= 0.3 is 0 Å². The van der Waals surface area contributed by atoms with Crippen LogP contribution in [0, 0.1) is 5.92 Å². The summed E-state index contributed by atoms with van der Waals surface area (Å²) < 4.78 is 1.69. The van der Waals surface area contributed by atoms with Crippen molar-refractivity contribution < 1.29 is 4.79 Å². The second-order valence-corrected chi connectivity index (χ2v) is 4.27. The molecule has 76 valence electrons. The summed E-state index contributed by atoms with van der Waals surface area (Å²) in [7, 11) is 0. The van der Waals surface area contributed by atoms with Crippen LogP contribution in [0.1, 0.15) is 44.3 Å². The lowest BCUT2D eigenvalue weighted by Gasteiger charge is -2.12. The van der Waals surface area contributed by atoms with Crippen molar-refractivity contribution in [3.05, 3.63) is 11.9 Å². The number of hydrogen-bond acceptors (Lipinski definition) is 3. The fourth-order valence-electron chi connectivity index (χ4n) is 1.53. The molecule has 0 aromatic carbocycles. The SMILES string of the molecule is CC(C)C(C=O)n1cc(C2CC2)nn1. The molecule has 1 fully saturated rings. The number of hydrogen-bond donors (Lipinski definition) is 0. The number of carbonyl (C=O) groups is 1. The quantitative estimate of drug-likeness (QED) is 0.682. The van der Waals surface area contributed by atoms with Crippen molar-refractivity contribution in [1.29, 1.82) is 0 Å². The van der Waals surface area contributed by atoms with Gasteiger partial charge in [-0.25, -0.2) is 4.68 Å². The van der Waals surface area contributed by atoms with Crippen LogP contribution in [0.25, 0.3) is 0 Å². The molecule has 1 aliphatic rings. The molecule has 14 heavy (non-hydrogen) atoms. The average molecular weight is 193 g/mol. The molecule has 0 saturated heterocycles. The van der Waals surface area contributed by atoms with Crippen LogP contribution >= 0.6 is 0 Å². The predicted molar refractivity (Wildman–Crippen MR) is 51.9 cm³/mol. The molecular formula is C10H15N3O. The molecule has 1 atom stereocenters. The van der Waals surface area contributed by atoms with Crippen LogP contribution < -0.4 is 0 Å². The minimum atomic E-state index is -0.171. The maximum atomic E-state index is 10.9. The largest absolute Gasteiger partial charge is 0.301 e. The van der Waals surface area contributed by atoms with Crippen molar-refractivity contribution in [2.75, 3.05) is 0 Å². The standard InChI is InChI=1S/C10H15N3O/c1-7(2)10(6-14)13-5-9(11-12-13)8-3-4-8/h5-8,10H,3-4H2,1-2H3. The Morgan fingerprint density at radius 2 is 2.29 bits per heavy atom. The van der Waals surface area contributed by atoms with Gasteiger partial charge in [-0.05, 0) is 18.8 Å². The van der Waals surface area contributed by atoms with Gasteiger partial charge in [0.05, 0.1) is 5.69 Å². The third-order valence-corrected chi connectivity index (χ3v) is 2.65. The molecule has 4 heteroatoms. The molecule has 2 rings (SSSR count). The average Bonchev–Trinajstić information content (AvgIpc) is 2.88. The summed E-state index contributed by atoms with van der Waals surface area (Å²) in [5.41, 5.74) is 1.04. The maximum Gasteiger partial charge on any atom is 0.144 e. The number of nitrogens with zero attached hydrogens (tertiary/aromatic N) is 3. The highest BCUT2D eigenvalue weighted by atomic mass is 16.1. The predicted octanol–water partition coefficient (Wildman–Crippen LogP) is 1.55. The van der Waals surface area contributed by atoms with E-state index in [1.54, 1.807) is 4.68 Å². The van der Waals surface area contributed by atoms with E-state index in [9.17, 15) is 4.79 Å². The minimum absolute atomic E-state index is 0.171. The first-order valence-corrected chi connectivity index (χ1v) is 5.09. The number of aldehydes is 1. The van der Waals surface area contributed by atoms with Gasteiger partial charge in [0, 0.05) is 12.1 Å². The van der Waals surface area contributed by atoms with Crippen molar-refractivity contribution >= 4 is 6.29 Å². The zero-order valence-corrected chi connectivity index (χ0v) is 8.55. The molecule has 1 unspecified atom stereocenters. The molecule has 0 bridgehead atoms. The third kappa shape index (κ3) is 1.69. The van der Waals surface area contributed by atoms with Gasteiger partial charge in [0.1, 0.15) is 12.3 Å². The molecule has 1 aromatic heterocycles. The van der Waals surface area contributed by atoms with E-state index in [4.69, 9.17) is 0 Å². The second-order valence-electron chi connectivity index (χ2n) is 4.27. The van der Waals surface area contributed by atoms with Crippen LogP contribution in [-0.2, 0) is 4.79 Å². The molecule has 0 radical (unpaired) electrons. The third-order valence-electron chi connectivity index (χ3n) is 2.65. The first kappa shape index (κ1) is 9.37. The zero-order valence-electron chi connectivity index (χ0n) is 8.55. The summed E-state index contributed by atoms with van der Waals surface area (Å²) in [6.07, 6.45) is 5.28. The highest BCUT2D eigenvalue weighted by Crippen LogP contribution is 2.38. The summed E-state index contributed by atoms with van der Waals surface area (Å²) in [6, 6.07) is -0.171. The lowest BCUT2D eigenvalue weighted by molar-refractivity contribution is -0.111. The maximum absolute atomic E-state index is 10.9. The molecule has 0 amide bonds. The van der Waals surface area contributed by atoms with E-state index in [1.807, 2.05) is 20.0 Å². The van der Waals surface area contributed by atoms with E-state index >= 15 is 0 Å². The van der Waals surface area contributed by atoms with Gasteiger partial charge in [0.15, 0.2) is 0 Å². The van der Waals surface area contributed by atoms with Crippen molar-refractivity contribution in [2.24, 2.45) is 5.92 Å². The highest BCUT2D eigenvalue weighted by molar-refractivity contribution is 5.55. The first-order valence-electron chi connectivity index (χ1n) is 5.09. The molecule has 1 aliphatic carbocycles. The summed E-state index contributed by atoms with van der Waals surface area (Å²) in [6.45, 7) is 4.02. The van der Waals surface area contributed by atoms with E-state index in [0.29, 0.717) is 5.92 Å². The Labute approximate surface area is 83.3 Å². The van der Waals surface area contributed by atoms with E-state index < -0.39 is 0 Å². The summed E-state index contributed by atoms with van der Waals surface area (Å²) in [5.74, 6) is 0.865. The molecule has 1 heterocycles. The molecule has 0 aliphatic heterocycles. The Kier molecular flexibility index (Phi) is 2.35. The van der Waals surface area contributed by atoms with Gasteiger partial charge in [-0.1, -0.05) is 19.1 Å². The number of rotatable bonds is 4. The van der Waals surface area contributed by atoms with Crippen LogP contribution in [0.2, 0.25) is 0 Å². The van der Waals surface area contributed by atoms with Gasteiger partial charge < -0.3 is 4.79 Å². The van der Waals surface area contributed by atoms with Crippen molar-refractivity contribution in [1.82, 2.24) is 15.0 Å². The topological polar surface area (TPSA) is 47.8 Å². The van der Waals surface area contributed by atoms with Crippen LogP contribution in [0.5, 0.6) is 0 Å². The Hall–Kier alpha value is -1.19. The summed E-state index contributed by atoms with van der Waals surface area (Å²) in [4.78, 5) is 10.9. The highest BCUT2D eigenvalue weighted by Gasteiger charge is 2.27. The Morgan fingerprint density at radius 1 is 1.57 bits per heavy atom. The fourth-order valence-corrected chi connectivity index (χ4v) is 1.53. The van der Waals surface area contributed by atoms with Crippen molar-refractivity contribution in [3.63, 3.8) is 0 Å². The zero-order chi connectivity index (χ0) is 10.1. The number of aromatic nitrogens is 3. The van der Waals surface area contributed by atoms with E-state index in [2.05, 4.69) is 10.3 Å². The molecule has 4 nitrogen and oxygen atoms in total. The van der Waals surface area contributed by atoms with Gasteiger partial charge in [-0.2, -0.15) is 0 Å². The molecule has 1 aromatic rings. The monoisotopic (exact) mass is 193 g/mol. The lowest BCUT2D eigenvalue weighted by Crippen LogP contribution is -2.17. The van der Waals surface area contributed by atoms with E-state index in [-0.39, 0.29) is 12.0 Å². The minimum Gasteiger partial charge on any atom is -0.301 e. The van der Waals surface area contributed by atoms with Gasteiger partial charge in [-0.15, -0.1) is 5.10 Å². The normalized spacial score (nSPS) is 18.5. The summed E-state index contributed by atoms with van der Waals surface area (Å²) in [5, 5.41) is 8.09. The van der Waals surface area contributed by atoms with Gasteiger partial charge in [0.25, 0.3) is 0 Å². The van der Waals surface area contributed by atoms with Crippen LogP contribution in [0.15, 0.2) is 6.20 Å². The Morgan fingerprint density at radius 3 is 2.79 bits per heavy atom. The number of carbonyl (C=O) groups excluding carboxylic acids is 1. The molecule has 0 N–H and O–H groups in total. The molecular weight excluding hydrogens is 178 g/mol. The molecule has 1 saturated carbocycles.